The van der Waals surface area contributed by atoms with Gasteiger partial charge in [-0.1, -0.05) is 36.0 Å². The fourth-order valence-electron chi connectivity index (χ4n) is 4.82. The molecule has 1 amide bonds. The molecule has 0 saturated heterocycles. The van der Waals surface area contributed by atoms with E-state index < -0.39 is 4.75 Å². The van der Waals surface area contributed by atoms with E-state index in [2.05, 4.69) is 49.1 Å². The molecule has 0 unspecified atom stereocenters. The molecule has 0 aliphatic carbocycles. The van der Waals surface area contributed by atoms with Crippen LogP contribution in [0.3, 0.4) is 0 Å². The monoisotopic (exact) mass is 512 g/mol. The van der Waals surface area contributed by atoms with Gasteiger partial charge in [0.25, 0.3) is 0 Å². The van der Waals surface area contributed by atoms with Gasteiger partial charge >= 0.3 is 5.24 Å². The number of amidine groups is 1. The average molecular weight is 513 g/mol. The predicted molar refractivity (Wildman–Crippen MR) is 154 cm³/mol. The van der Waals surface area contributed by atoms with Crippen LogP contribution in [0.4, 0.5) is 16.2 Å². The standard InChI is InChI=1S/C30H32N4O2S/c1-5-34-29(35)37-30(2,3)27(32-34)23-15-18-26-22(20-23)10-9-19-33(26)28(31-24-11-7-6-8-12-24)21-13-16-25(36-4)17-14-21/h6-8,11-18,20H,5,9-10,19H2,1-4H3. The number of fused-ring (bicyclic) bond motifs is 1. The SMILES string of the molecule is CCN1N=C(c2ccc3c(c2)CCCN3C(=Nc2ccccc2)c2ccc(OC)cc2)C(C)(C)SC1=O. The zero-order valence-electron chi connectivity index (χ0n) is 21.8. The highest BCUT2D eigenvalue weighted by Crippen LogP contribution is 2.38. The second-order valence-electron chi connectivity index (χ2n) is 9.64. The Kier molecular flexibility index (Phi) is 7.07. The molecular formula is C30H32N4O2S. The highest BCUT2D eigenvalue weighted by atomic mass is 32.2. The Labute approximate surface area is 223 Å². The van der Waals surface area contributed by atoms with Gasteiger partial charge in [0.2, 0.25) is 0 Å². The number of benzene rings is 3. The van der Waals surface area contributed by atoms with Gasteiger partial charge in [0.15, 0.2) is 0 Å². The van der Waals surface area contributed by atoms with Crippen LogP contribution in [0, 0.1) is 0 Å². The quantitative estimate of drug-likeness (QED) is 0.276. The molecule has 0 fully saturated rings. The number of carbonyl (C=O) groups is 1. The number of methoxy groups -OCH3 is 1. The molecular weight excluding hydrogens is 480 g/mol. The fraction of sp³-hybridized carbons (Fsp3) is 0.300. The van der Waals surface area contributed by atoms with Crippen molar-refractivity contribution in [2.45, 2.75) is 38.4 Å². The molecule has 3 aromatic carbocycles. The Hall–Kier alpha value is -3.58. The predicted octanol–water partition coefficient (Wildman–Crippen LogP) is 6.90. The first-order chi connectivity index (χ1) is 17.9. The Morgan fingerprint density at radius 3 is 2.54 bits per heavy atom. The summed E-state index contributed by atoms with van der Waals surface area (Å²) in [5, 5.41) is 6.32. The van der Waals surface area contributed by atoms with Crippen molar-refractivity contribution in [3.63, 3.8) is 0 Å². The van der Waals surface area contributed by atoms with Gasteiger partial charge in [0.1, 0.15) is 11.6 Å². The summed E-state index contributed by atoms with van der Waals surface area (Å²) in [6.07, 6.45) is 2.00. The lowest BCUT2D eigenvalue weighted by molar-refractivity contribution is 0.226. The van der Waals surface area contributed by atoms with Crippen LogP contribution in [0.5, 0.6) is 5.75 Å². The lowest BCUT2D eigenvalue weighted by atomic mass is 9.93. The second-order valence-corrected chi connectivity index (χ2v) is 11.2. The van der Waals surface area contributed by atoms with E-state index in [9.17, 15) is 4.79 Å². The molecule has 0 aromatic heterocycles. The molecule has 37 heavy (non-hydrogen) atoms. The number of thioether (sulfide) groups is 1. The van der Waals surface area contributed by atoms with E-state index in [1.807, 2.05) is 49.4 Å². The van der Waals surface area contributed by atoms with Crippen molar-refractivity contribution < 1.29 is 9.53 Å². The summed E-state index contributed by atoms with van der Waals surface area (Å²) in [6, 6.07) is 24.7. The van der Waals surface area contributed by atoms with E-state index in [0.29, 0.717) is 6.54 Å². The second kappa shape index (κ2) is 10.4. The number of ether oxygens (including phenoxy) is 1. The molecule has 0 bridgehead atoms. The normalized spacial score (nSPS) is 17.4. The van der Waals surface area contributed by atoms with Gasteiger partial charge in [-0.05, 0) is 93.3 Å². The summed E-state index contributed by atoms with van der Waals surface area (Å²) in [7, 11) is 1.68. The molecule has 7 heteroatoms. The minimum Gasteiger partial charge on any atom is -0.497 e. The van der Waals surface area contributed by atoms with Crippen molar-refractivity contribution in [3.05, 3.63) is 89.5 Å². The summed E-state index contributed by atoms with van der Waals surface area (Å²) in [5.74, 6) is 1.73. The number of anilines is 1. The molecule has 0 spiro atoms. The van der Waals surface area contributed by atoms with Crippen LogP contribution >= 0.6 is 11.8 Å². The highest BCUT2D eigenvalue weighted by Gasteiger charge is 2.37. The molecule has 2 heterocycles. The molecule has 0 N–H and O–H groups in total. The van der Waals surface area contributed by atoms with E-state index in [0.717, 1.165) is 59.2 Å². The molecule has 0 saturated carbocycles. The Morgan fingerprint density at radius 1 is 1.08 bits per heavy atom. The molecule has 0 atom stereocenters. The van der Waals surface area contributed by atoms with Crippen molar-refractivity contribution in [2.24, 2.45) is 10.1 Å². The molecule has 190 valence electrons. The maximum absolute atomic E-state index is 12.4. The third-order valence-electron chi connectivity index (χ3n) is 6.71. The summed E-state index contributed by atoms with van der Waals surface area (Å²) >= 11 is 1.34. The molecule has 6 nitrogen and oxygen atoms in total. The van der Waals surface area contributed by atoms with Crippen LogP contribution in [0.15, 0.2) is 82.9 Å². The van der Waals surface area contributed by atoms with Gasteiger partial charge in [0, 0.05) is 24.3 Å². The van der Waals surface area contributed by atoms with Gasteiger partial charge in [-0.25, -0.2) is 10.0 Å². The van der Waals surface area contributed by atoms with E-state index in [1.165, 1.54) is 17.3 Å². The maximum Gasteiger partial charge on any atom is 0.302 e. The van der Waals surface area contributed by atoms with Crippen molar-refractivity contribution in [2.75, 3.05) is 25.1 Å². The first-order valence-corrected chi connectivity index (χ1v) is 13.5. The van der Waals surface area contributed by atoms with Crippen molar-refractivity contribution in [1.29, 1.82) is 0 Å². The molecule has 5 rings (SSSR count). The Morgan fingerprint density at radius 2 is 1.84 bits per heavy atom. The van der Waals surface area contributed by atoms with Crippen molar-refractivity contribution >= 4 is 39.9 Å². The minimum atomic E-state index is -0.394. The summed E-state index contributed by atoms with van der Waals surface area (Å²) in [5.41, 5.74) is 6.37. The number of carbonyl (C=O) groups excluding carboxylic acids is 1. The number of hydrogen-bond donors (Lipinski definition) is 0. The van der Waals surface area contributed by atoms with E-state index in [4.69, 9.17) is 14.8 Å². The Balaban J connectivity index is 1.57. The largest absolute Gasteiger partial charge is 0.497 e. The Bertz CT molecular complexity index is 1350. The third-order valence-corrected chi connectivity index (χ3v) is 7.80. The summed E-state index contributed by atoms with van der Waals surface area (Å²) in [6.45, 7) is 7.54. The fourth-order valence-corrected chi connectivity index (χ4v) is 5.78. The first-order valence-electron chi connectivity index (χ1n) is 12.7. The average Bonchev–Trinajstić information content (AvgIpc) is 2.91. The lowest BCUT2D eigenvalue weighted by Crippen LogP contribution is -2.41. The van der Waals surface area contributed by atoms with Crippen LogP contribution in [0.2, 0.25) is 0 Å². The number of hydrazone groups is 1. The van der Waals surface area contributed by atoms with Gasteiger partial charge in [-0.15, -0.1) is 0 Å². The summed E-state index contributed by atoms with van der Waals surface area (Å²) in [4.78, 5) is 19.9. The number of nitrogens with zero attached hydrogens (tertiary/aromatic N) is 4. The zero-order chi connectivity index (χ0) is 26.0. The van der Waals surface area contributed by atoms with E-state index >= 15 is 0 Å². The van der Waals surface area contributed by atoms with Crippen LogP contribution in [0.1, 0.15) is 43.9 Å². The third kappa shape index (κ3) is 5.14. The first kappa shape index (κ1) is 25.1. The van der Waals surface area contributed by atoms with Crippen LogP contribution in [0.25, 0.3) is 0 Å². The van der Waals surface area contributed by atoms with Gasteiger partial charge in [-0.3, -0.25) is 4.79 Å². The number of hydrogen-bond acceptors (Lipinski definition) is 5. The number of aryl methyl sites for hydroxylation is 1. The number of para-hydroxylation sites is 1. The van der Waals surface area contributed by atoms with Gasteiger partial charge < -0.3 is 9.64 Å². The lowest BCUT2D eigenvalue weighted by Gasteiger charge is -2.35. The van der Waals surface area contributed by atoms with Crippen molar-refractivity contribution in [1.82, 2.24) is 5.01 Å². The molecule has 0 radical (unpaired) electrons. The molecule has 3 aromatic rings. The van der Waals surface area contributed by atoms with Gasteiger partial charge in [-0.2, -0.15) is 5.10 Å². The van der Waals surface area contributed by atoms with Crippen LogP contribution < -0.4 is 9.64 Å². The van der Waals surface area contributed by atoms with Crippen LogP contribution in [-0.4, -0.2) is 46.7 Å². The molecule has 2 aliphatic rings. The van der Waals surface area contributed by atoms with Gasteiger partial charge in [0.05, 0.1) is 23.3 Å². The number of amides is 1. The molecule has 2 aliphatic heterocycles. The topological polar surface area (TPSA) is 57.5 Å². The van der Waals surface area contributed by atoms with E-state index in [-0.39, 0.29) is 5.24 Å². The maximum atomic E-state index is 12.4. The smallest absolute Gasteiger partial charge is 0.302 e. The minimum absolute atomic E-state index is 0.00152. The number of rotatable bonds is 5. The van der Waals surface area contributed by atoms with E-state index in [1.54, 1.807) is 12.1 Å². The summed E-state index contributed by atoms with van der Waals surface area (Å²) < 4.78 is 4.99. The highest BCUT2D eigenvalue weighted by molar-refractivity contribution is 8.15. The van der Waals surface area contributed by atoms with Crippen LogP contribution in [-0.2, 0) is 6.42 Å². The number of aliphatic imine (C=N–C) groups is 1. The zero-order valence-corrected chi connectivity index (χ0v) is 22.6. The van der Waals surface area contributed by atoms with Crippen molar-refractivity contribution in [3.8, 4) is 5.75 Å².